The molecule has 4 N–H and O–H groups in total. The van der Waals surface area contributed by atoms with Gasteiger partial charge in [0.15, 0.2) is 0 Å². The number of phenolic OH excluding ortho intramolecular Hbond substituents is 1. The van der Waals surface area contributed by atoms with Crippen LogP contribution in [0.1, 0.15) is 5.56 Å². The van der Waals surface area contributed by atoms with Crippen molar-refractivity contribution in [1.29, 1.82) is 0 Å². The third-order valence-corrected chi connectivity index (χ3v) is 1.23. The summed E-state index contributed by atoms with van der Waals surface area (Å²) in [4.78, 5) is 0. The minimum absolute atomic E-state index is 0.135. The molecule has 11 heavy (non-hydrogen) atoms. The van der Waals surface area contributed by atoms with Crippen LogP contribution in [-0.4, -0.2) is 20.4 Å². The summed E-state index contributed by atoms with van der Waals surface area (Å²) in [6.07, 6.45) is 0. The Morgan fingerprint density at radius 3 is 2.09 bits per heavy atom. The van der Waals surface area contributed by atoms with Crippen LogP contribution in [0.5, 0.6) is 5.75 Å². The van der Waals surface area contributed by atoms with E-state index < -0.39 is 5.97 Å². The molecule has 1 aromatic rings. The van der Waals surface area contributed by atoms with E-state index in [2.05, 4.69) is 0 Å². The van der Waals surface area contributed by atoms with Crippen molar-refractivity contribution in [3.63, 3.8) is 0 Å². The van der Waals surface area contributed by atoms with Crippen LogP contribution in [0, 0.1) is 0 Å². The van der Waals surface area contributed by atoms with Crippen LogP contribution in [0.2, 0.25) is 0 Å². The minimum Gasteiger partial charge on any atom is -0.508 e. The lowest BCUT2D eigenvalue weighted by molar-refractivity contribution is -0.323. The second kappa shape index (κ2) is 2.50. The lowest BCUT2D eigenvalue weighted by Crippen LogP contribution is -2.23. The molecule has 0 fully saturated rings. The van der Waals surface area contributed by atoms with Crippen LogP contribution in [0.25, 0.3) is 0 Å². The number of phenols is 1. The van der Waals surface area contributed by atoms with Crippen LogP contribution in [0.15, 0.2) is 24.3 Å². The molecule has 0 aliphatic carbocycles. The van der Waals surface area contributed by atoms with Gasteiger partial charge in [0.05, 0.1) is 0 Å². The maximum atomic E-state index is 8.84. The Kier molecular flexibility index (Phi) is 1.82. The molecule has 0 heterocycles. The van der Waals surface area contributed by atoms with Crippen molar-refractivity contribution in [2.24, 2.45) is 0 Å². The van der Waals surface area contributed by atoms with Crippen molar-refractivity contribution < 1.29 is 20.4 Å². The topological polar surface area (TPSA) is 80.9 Å². The molecule has 1 rings (SSSR count). The maximum Gasteiger partial charge on any atom is 0.304 e. The molecule has 4 nitrogen and oxygen atoms in total. The smallest absolute Gasteiger partial charge is 0.304 e. The summed E-state index contributed by atoms with van der Waals surface area (Å²) in [5, 5.41) is 34.7. The normalized spacial score (nSPS) is 11.5. The summed E-state index contributed by atoms with van der Waals surface area (Å²) in [6.45, 7) is 0. The third-order valence-electron chi connectivity index (χ3n) is 1.23. The van der Waals surface area contributed by atoms with Gasteiger partial charge in [-0.15, -0.1) is 0 Å². The van der Waals surface area contributed by atoms with Crippen LogP contribution in [0.4, 0.5) is 0 Å². The van der Waals surface area contributed by atoms with Crippen molar-refractivity contribution in [2.75, 3.05) is 0 Å². The average Bonchev–Trinajstić information content (AvgIpc) is 1.86. The van der Waals surface area contributed by atoms with Gasteiger partial charge >= 0.3 is 5.97 Å². The molecular weight excluding hydrogens is 148 g/mol. The van der Waals surface area contributed by atoms with Crippen molar-refractivity contribution >= 4 is 0 Å². The highest BCUT2D eigenvalue weighted by molar-refractivity contribution is 5.28. The van der Waals surface area contributed by atoms with E-state index in [0.29, 0.717) is 0 Å². The lowest BCUT2D eigenvalue weighted by atomic mass is 10.2. The molecule has 0 spiro atoms. The van der Waals surface area contributed by atoms with E-state index in [1.807, 2.05) is 0 Å². The second-order valence-corrected chi connectivity index (χ2v) is 2.19. The zero-order valence-electron chi connectivity index (χ0n) is 5.60. The van der Waals surface area contributed by atoms with E-state index in [9.17, 15) is 0 Å². The summed E-state index contributed by atoms with van der Waals surface area (Å²) >= 11 is 0. The fourth-order valence-electron chi connectivity index (χ4n) is 0.715. The summed E-state index contributed by atoms with van der Waals surface area (Å²) in [5.74, 6) is -3.01. The van der Waals surface area contributed by atoms with E-state index >= 15 is 0 Å². The van der Waals surface area contributed by atoms with Gasteiger partial charge in [0.2, 0.25) is 0 Å². The molecule has 0 aliphatic heterocycles. The number of rotatable bonds is 1. The van der Waals surface area contributed by atoms with Crippen LogP contribution in [0.3, 0.4) is 0 Å². The molecule has 60 valence electrons. The SMILES string of the molecule is Oc1cccc(C(O)(O)O)c1. The Hall–Kier alpha value is -1.10. The fraction of sp³-hybridized carbons (Fsp3) is 0.143. The molecular formula is C7H8O4. The highest BCUT2D eigenvalue weighted by Crippen LogP contribution is 2.18. The van der Waals surface area contributed by atoms with Gasteiger partial charge in [-0.25, -0.2) is 0 Å². The summed E-state index contributed by atoms with van der Waals surface area (Å²) in [6, 6.07) is 5.08. The molecule has 0 saturated heterocycles. The Morgan fingerprint density at radius 1 is 1.09 bits per heavy atom. The Labute approximate surface area is 63.0 Å². The largest absolute Gasteiger partial charge is 0.508 e. The van der Waals surface area contributed by atoms with E-state index in [1.54, 1.807) is 0 Å². The summed E-state index contributed by atoms with van der Waals surface area (Å²) < 4.78 is 0. The first kappa shape index (κ1) is 8.00. The molecule has 0 atom stereocenters. The maximum absolute atomic E-state index is 8.84. The lowest BCUT2D eigenvalue weighted by Gasteiger charge is -2.13. The van der Waals surface area contributed by atoms with Gasteiger partial charge in [0, 0.05) is 5.56 Å². The first-order chi connectivity index (χ1) is 5.00. The molecule has 0 saturated carbocycles. The van der Waals surface area contributed by atoms with Gasteiger partial charge in [-0.3, -0.25) is 0 Å². The predicted octanol–water partition coefficient (Wildman–Crippen LogP) is -0.521. The Balaban J connectivity index is 3.06. The van der Waals surface area contributed by atoms with E-state index in [0.717, 1.165) is 6.07 Å². The van der Waals surface area contributed by atoms with Crippen LogP contribution in [-0.2, 0) is 5.97 Å². The number of hydrogen-bond acceptors (Lipinski definition) is 4. The fourth-order valence-corrected chi connectivity index (χ4v) is 0.715. The third kappa shape index (κ3) is 1.91. The van der Waals surface area contributed by atoms with Gasteiger partial charge in [0.1, 0.15) is 5.75 Å². The van der Waals surface area contributed by atoms with Crippen molar-refractivity contribution in [1.82, 2.24) is 0 Å². The highest BCUT2D eigenvalue weighted by atomic mass is 16.7. The predicted molar refractivity (Wildman–Crippen MR) is 36.4 cm³/mol. The standard InChI is InChI=1S/C7H8O4/c8-6-3-1-2-5(4-6)7(9,10)11/h1-4,8-11H. The average molecular weight is 156 g/mol. The molecule has 0 aliphatic rings. The number of aliphatic hydroxyl groups is 3. The van der Waals surface area contributed by atoms with Gasteiger partial charge in [-0.2, -0.15) is 0 Å². The van der Waals surface area contributed by atoms with Crippen molar-refractivity contribution in [2.45, 2.75) is 5.97 Å². The van der Waals surface area contributed by atoms with E-state index in [4.69, 9.17) is 20.4 Å². The Morgan fingerprint density at radius 2 is 1.73 bits per heavy atom. The molecule has 1 aromatic carbocycles. The first-order valence-electron chi connectivity index (χ1n) is 2.97. The highest BCUT2D eigenvalue weighted by Gasteiger charge is 2.21. The monoisotopic (exact) mass is 156 g/mol. The molecule has 0 amide bonds. The zero-order chi connectivity index (χ0) is 8.48. The molecule has 0 radical (unpaired) electrons. The minimum atomic E-state index is -2.88. The zero-order valence-corrected chi connectivity index (χ0v) is 5.60. The van der Waals surface area contributed by atoms with E-state index in [1.165, 1.54) is 18.2 Å². The number of aromatic hydroxyl groups is 1. The number of hydrogen-bond donors (Lipinski definition) is 4. The van der Waals surface area contributed by atoms with Crippen molar-refractivity contribution in [3.8, 4) is 5.75 Å². The molecule has 0 aromatic heterocycles. The van der Waals surface area contributed by atoms with Gasteiger partial charge in [-0.1, -0.05) is 12.1 Å². The summed E-state index contributed by atoms with van der Waals surface area (Å²) in [5.41, 5.74) is -0.169. The van der Waals surface area contributed by atoms with Crippen LogP contribution >= 0.6 is 0 Å². The quantitative estimate of drug-likeness (QED) is 0.412. The molecule has 0 bridgehead atoms. The summed E-state index contributed by atoms with van der Waals surface area (Å²) in [7, 11) is 0. The molecule has 4 heteroatoms. The van der Waals surface area contributed by atoms with Crippen molar-refractivity contribution in [3.05, 3.63) is 29.8 Å². The number of benzene rings is 1. The van der Waals surface area contributed by atoms with Gasteiger partial charge in [0.25, 0.3) is 0 Å². The van der Waals surface area contributed by atoms with Gasteiger partial charge < -0.3 is 20.4 Å². The second-order valence-electron chi connectivity index (χ2n) is 2.19. The van der Waals surface area contributed by atoms with Crippen LogP contribution < -0.4 is 0 Å². The Bertz CT molecular complexity index is 251. The molecule has 0 unspecified atom stereocenters. The first-order valence-corrected chi connectivity index (χ1v) is 2.97. The van der Waals surface area contributed by atoms with Gasteiger partial charge in [-0.05, 0) is 12.1 Å². The van der Waals surface area contributed by atoms with E-state index in [-0.39, 0.29) is 11.3 Å².